The summed E-state index contributed by atoms with van der Waals surface area (Å²) in [6, 6.07) is 9.93. The fourth-order valence-corrected chi connectivity index (χ4v) is 4.69. The van der Waals surface area contributed by atoms with Crippen molar-refractivity contribution < 1.29 is 9.53 Å². The Labute approximate surface area is 182 Å². The Kier molecular flexibility index (Phi) is 7.23. The van der Waals surface area contributed by atoms with Gasteiger partial charge in [0.2, 0.25) is 0 Å². The number of hydrogen-bond acceptors (Lipinski definition) is 6. The second-order valence-corrected chi connectivity index (χ2v) is 8.82. The zero-order chi connectivity index (χ0) is 20.8. The number of thioether (sulfide) groups is 1. The lowest BCUT2D eigenvalue weighted by molar-refractivity contribution is 0.0857. The highest BCUT2D eigenvalue weighted by molar-refractivity contribution is 7.98. The van der Waals surface area contributed by atoms with Crippen molar-refractivity contribution in [3.63, 3.8) is 0 Å². The number of benzene rings is 1. The summed E-state index contributed by atoms with van der Waals surface area (Å²) in [5.41, 5.74) is 2.86. The van der Waals surface area contributed by atoms with Crippen LogP contribution in [0.1, 0.15) is 54.2 Å². The first-order chi connectivity index (χ1) is 14.7. The van der Waals surface area contributed by atoms with Crippen LogP contribution in [0.2, 0.25) is 0 Å². The van der Waals surface area contributed by atoms with Crippen LogP contribution in [0.3, 0.4) is 0 Å². The van der Waals surface area contributed by atoms with Gasteiger partial charge >= 0.3 is 0 Å². The molecule has 0 radical (unpaired) electrons. The second-order valence-electron chi connectivity index (χ2n) is 7.88. The number of carbonyl (C=O) groups excluding carboxylic acids is 1. The second kappa shape index (κ2) is 10.3. The van der Waals surface area contributed by atoms with Gasteiger partial charge in [-0.1, -0.05) is 30.8 Å². The molecule has 0 saturated carbocycles. The summed E-state index contributed by atoms with van der Waals surface area (Å²) in [6.45, 7) is 5.66. The van der Waals surface area contributed by atoms with E-state index < -0.39 is 0 Å². The molecule has 0 spiro atoms. The molecule has 1 amide bonds. The zero-order valence-corrected chi connectivity index (χ0v) is 18.4. The molecule has 1 aromatic heterocycles. The molecule has 2 saturated heterocycles. The smallest absolute Gasteiger partial charge is 0.251 e. The molecule has 0 bridgehead atoms. The van der Waals surface area contributed by atoms with Gasteiger partial charge in [-0.15, -0.1) is 0 Å². The number of amides is 1. The molecule has 1 aromatic carbocycles. The fourth-order valence-electron chi connectivity index (χ4n) is 3.88. The van der Waals surface area contributed by atoms with Crippen LogP contribution < -0.4 is 10.2 Å². The summed E-state index contributed by atoms with van der Waals surface area (Å²) in [5.74, 6) is 1.74. The number of aryl methyl sites for hydroxylation is 1. The van der Waals surface area contributed by atoms with Gasteiger partial charge in [0, 0.05) is 49.3 Å². The van der Waals surface area contributed by atoms with Crippen LogP contribution >= 0.6 is 11.8 Å². The number of nitrogens with zero attached hydrogens (tertiary/aromatic N) is 3. The lowest BCUT2D eigenvalue weighted by atomic mass is 10.1. The molecule has 2 aliphatic heterocycles. The first kappa shape index (κ1) is 21.1. The maximum absolute atomic E-state index is 12.5. The Bertz CT molecular complexity index is 864. The van der Waals surface area contributed by atoms with Gasteiger partial charge in [-0.25, -0.2) is 9.97 Å². The minimum atomic E-state index is -0.0436. The summed E-state index contributed by atoms with van der Waals surface area (Å²) < 4.78 is 5.58. The number of anilines is 1. The fraction of sp³-hybridized carbons (Fsp3) is 0.522. The number of carbonyl (C=O) groups is 1. The molecule has 3 heterocycles. The van der Waals surface area contributed by atoms with E-state index in [-0.39, 0.29) is 12.0 Å². The number of hydrogen-bond donors (Lipinski definition) is 1. The Balaban J connectivity index is 1.38. The van der Waals surface area contributed by atoms with Crippen molar-refractivity contribution in [1.82, 2.24) is 15.3 Å². The van der Waals surface area contributed by atoms with Gasteiger partial charge in [0.1, 0.15) is 5.82 Å². The lowest BCUT2D eigenvalue weighted by Crippen LogP contribution is -2.31. The Morgan fingerprint density at radius 1 is 1.23 bits per heavy atom. The number of ether oxygens (including phenoxy) is 1. The van der Waals surface area contributed by atoms with Crippen molar-refractivity contribution in [2.24, 2.45) is 0 Å². The number of aromatic nitrogens is 2. The van der Waals surface area contributed by atoms with Crippen molar-refractivity contribution in [3.05, 3.63) is 47.2 Å². The third-order valence-corrected chi connectivity index (χ3v) is 6.53. The van der Waals surface area contributed by atoms with E-state index in [1.807, 2.05) is 18.2 Å². The van der Waals surface area contributed by atoms with Crippen molar-refractivity contribution in [1.29, 1.82) is 0 Å². The van der Waals surface area contributed by atoms with E-state index in [2.05, 4.69) is 29.3 Å². The molecular weight excluding hydrogens is 396 g/mol. The average Bonchev–Trinajstić information content (AvgIpc) is 3.50. The molecule has 7 heteroatoms. The van der Waals surface area contributed by atoms with Crippen LogP contribution in [-0.2, 0) is 16.9 Å². The van der Waals surface area contributed by atoms with Crippen LogP contribution in [-0.4, -0.2) is 48.2 Å². The standard InChI is InChI=1S/C23H30N4O2S/c1-2-19-14-21(27-10-3-4-11-27)26-23(25-19)30-16-17-7-5-8-18(13-17)22(28)24-15-20-9-6-12-29-20/h5,7-8,13-14,20H,2-4,6,9-12,15-16H2,1H3,(H,24,28)/t20-/m1/s1. The quantitative estimate of drug-likeness (QED) is 0.511. The summed E-state index contributed by atoms with van der Waals surface area (Å²) >= 11 is 1.63. The summed E-state index contributed by atoms with van der Waals surface area (Å²) in [5, 5.41) is 3.80. The topological polar surface area (TPSA) is 67.4 Å². The van der Waals surface area contributed by atoms with Gasteiger partial charge in [0.25, 0.3) is 5.91 Å². The maximum atomic E-state index is 12.5. The Hall–Kier alpha value is -2.12. The van der Waals surface area contributed by atoms with Crippen LogP contribution in [0, 0.1) is 0 Å². The van der Waals surface area contributed by atoms with E-state index in [1.165, 1.54) is 12.8 Å². The molecule has 1 atom stereocenters. The summed E-state index contributed by atoms with van der Waals surface area (Å²) in [6.07, 6.45) is 5.62. The highest BCUT2D eigenvalue weighted by Crippen LogP contribution is 2.25. The van der Waals surface area contributed by atoms with E-state index in [1.54, 1.807) is 11.8 Å². The zero-order valence-electron chi connectivity index (χ0n) is 17.6. The van der Waals surface area contributed by atoms with Crippen molar-refractivity contribution in [3.8, 4) is 0 Å². The van der Waals surface area contributed by atoms with Gasteiger partial charge < -0.3 is 15.0 Å². The maximum Gasteiger partial charge on any atom is 0.251 e. The van der Waals surface area contributed by atoms with Gasteiger partial charge in [-0.05, 0) is 49.8 Å². The van der Waals surface area contributed by atoms with Crippen LogP contribution in [0.25, 0.3) is 0 Å². The minimum Gasteiger partial charge on any atom is -0.376 e. The highest BCUT2D eigenvalue weighted by atomic mass is 32.2. The molecule has 4 rings (SSSR count). The van der Waals surface area contributed by atoms with Crippen molar-refractivity contribution in [2.75, 3.05) is 31.1 Å². The molecule has 30 heavy (non-hydrogen) atoms. The normalized spacial score (nSPS) is 18.7. The predicted molar refractivity (Wildman–Crippen MR) is 120 cm³/mol. The predicted octanol–water partition coefficient (Wildman–Crippen LogP) is 3.84. The average molecular weight is 427 g/mol. The molecule has 2 fully saturated rings. The molecule has 160 valence electrons. The van der Waals surface area contributed by atoms with E-state index in [0.717, 1.165) is 66.9 Å². The Morgan fingerprint density at radius 3 is 2.87 bits per heavy atom. The van der Waals surface area contributed by atoms with Gasteiger partial charge in [0.15, 0.2) is 5.16 Å². The summed E-state index contributed by atoms with van der Waals surface area (Å²) in [4.78, 5) is 24.3. The van der Waals surface area contributed by atoms with Crippen molar-refractivity contribution in [2.45, 2.75) is 56.0 Å². The van der Waals surface area contributed by atoms with Crippen molar-refractivity contribution >= 4 is 23.5 Å². The molecule has 1 N–H and O–H groups in total. The molecule has 0 aliphatic carbocycles. The lowest BCUT2D eigenvalue weighted by Gasteiger charge is -2.17. The van der Waals surface area contributed by atoms with E-state index in [0.29, 0.717) is 12.1 Å². The molecule has 6 nitrogen and oxygen atoms in total. The van der Waals surface area contributed by atoms with Gasteiger partial charge in [0.05, 0.1) is 6.10 Å². The Morgan fingerprint density at radius 2 is 2.10 bits per heavy atom. The summed E-state index contributed by atoms with van der Waals surface area (Å²) in [7, 11) is 0. The van der Waals surface area contributed by atoms with E-state index in [4.69, 9.17) is 14.7 Å². The monoisotopic (exact) mass is 426 g/mol. The van der Waals surface area contributed by atoms with Gasteiger partial charge in [-0.3, -0.25) is 4.79 Å². The van der Waals surface area contributed by atoms with Gasteiger partial charge in [-0.2, -0.15) is 0 Å². The van der Waals surface area contributed by atoms with Crippen LogP contribution in [0.15, 0.2) is 35.5 Å². The van der Waals surface area contributed by atoms with E-state index in [9.17, 15) is 4.79 Å². The molecule has 2 aliphatic rings. The molecular formula is C23H30N4O2S. The van der Waals surface area contributed by atoms with Crippen LogP contribution in [0.4, 0.5) is 5.82 Å². The van der Waals surface area contributed by atoms with E-state index >= 15 is 0 Å². The van der Waals surface area contributed by atoms with Crippen LogP contribution in [0.5, 0.6) is 0 Å². The molecule has 0 unspecified atom stereocenters. The molecule has 2 aromatic rings. The number of rotatable bonds is 8. The third-order valence-electron chi connectivity index (χ3n) is 5.61. The first-order valence-electron chi connectivity index (χ1n) is 11.0. The largest absolute Gasteiger partial charge is 0.376 e. The minimum absolute atomic E-state index is 0.0436. The highest BCUT2D eigenvalue weighted by Gasteiger charge is 2.18. The first-order valence-corrected chi connectivity index (χ1v) is 11.9. The SMILES string of the molecule is CCc1cc(N2CCCC2)nc(SCc2cccc(C(=O)NC[C@H]3CCCO3)c2)n1. The number of nitrogens with one attached hydrogen (secondary N) is 1. The third kappa shape index (κ3) is 5.52.